The third kappa shape index (κ3) is 2.61. The number of rotatable bonds is 3. The minimum Gasteiger partial charge on any atom is -0.456 e. The molecule has 0 heterocycles. The van der Waals surface area contributed by atoms with Crippen LogP contribution in [0.3, 0.4) is 0 Å². The van der Waals surface area contributed by atoms with Gasteiger partial charge in [-0.1, -0.05) is 6.07 Å². The van der Waals surface area contributed by atoms with E-state index in [1.165, 1.54) is 18.2 Å². The average molecular weight is 255 g/mol. The van der Waals surface area contributed by atoms with E-state index >= 15 is 0 Å². The van der Waals surface area contributed by atoms with Gasteiger partial charge in [0.15, 0.2) is 0 Å². The lowest BCUT2D eigenvalue weighted by atomic mass is 10.1. The van der Waals surface area contributed by atoms with Gasteiger partial charge in [0.2, 0.25) is 0 Å². The number of carbonyl (C=O) groups is 1. The molecule has 0 saturated carbocycles. The summed E-state index contributed by atoms with van der Waals surface area (Å²) in [6.45, 7) is 1.77. The van der Waals surface area contributed by atoms with Crippen LogP contribution in [0.2, 0.25) is 0 Å². The van der Waals surface area contributed by atoms with Crippen LogP contribution in [-0.4, -0.2) is 6.29 Å². The van der Waals surface area contributed by atoms with E-state index in [9.17, 15) is 9.18 Å². The summed E-state index contributed by atoms with van der Waals surface area (Å²) in [7, 11) is 0. The molecule has 0 aliphatic heterocycles. The van der Waals surface area contributed by atoms with Gasteiger partial charge in [0.1, 0.15) is 35.2 Å². The van der Waals surface area contributed by atoms with Crippen molar-refractivity contribution in [1.29, 1.82) is 5.26 Å². The molecule has 2 rings (SSSR count). The van der Waals surface area contributed by atoms with E-state index in [-0.39, 0.29) is 11.3 Å². The van der Waals surface area contributed by atoms with E-state index in [2.05, 4.69) is 0 Å². The number of hydrogen-bond acceptors (Lipinski definition) is 3. The van der Waals surface area contributed by atoms with Crippen molar-refractivity contribution in [3.05, 3.63) is 58.9 Å². The van der Waals surface area contributed by atoms with Crippen molar-refractivity contribution in [2.24, 2.45) is 0 Å². The molecule has 0 amide bonds. The molecule has 0 aromatic heterocycles. The first-order valence-corrected chi connectivity index (χ1v) is 5.58. The summed E-state index contributed by atoms with van der Waals surface area (Å²) >= 11 is 0. The molecular weight excluding hydrogens is 245 g/mol. The van der Waals surface area contributed by atoms with Crippen LogP contribution >= 0.6 is 0 Å². The highest BCUT2D eigenvalue weighted by Crippen LogP contribution is 2.27. The number of aryl methyl sites for hydroxylation is 1. The first-order chi connectivity index (χ1) is 9.15. The maximum Gasteiger partial charge on any atom is 0.150 e. The Bertz CT molecular complexity index is 674. The smallest absolute Gasteiger partial charge is 0.150 e. The Morgan fingerprint density at radius 2 is 2.11 bits per heavy atom. The topological polar surface area (TPSA) is 50.1 Å². The molecule has 0 unspecified atom stereocenters. The van der Waals surface area contributed by atoms with E-state index in [1.54, 1.807) is 31.2 Å². The second-order valence-electron chi connectivity index (χ2n) is 3.96. The summed E-state index contributed by atoms with van der Waals surface area (Å²) in [6.07, 6.45) is 0.752. The Morgan fingerprint density at radius 1 is 1.32 bits per heavy atom. The molecule has 0 saturated heterocycles. The number of carbonyl (C=O) groups excluding carboxylic acids is 1. The number of nitriles is 1. The summed E-state index contributed by atoms with van der Waals surface area (Å²) in [5, 5.41) is 8.90. The number of hydrogen-bond donors (Lipinski definition) is 0. The lowest BCUT2D eigenvalue weighted by molar-refractivity contribution is 0.112. The minimum atomic E-state index is -0.624. The average Bonchev–Trinajstić information content (AvgIpc) is 2.39. The lowest BCUT2D eigenvalue weighted by Gasteiger charge is -2.09. The zero-order valence-corrected chi connectivity index (χ0v) is 10.2. The molecule has 4 heteroatoms. The molecule has 2 aromatic rings. The van der Waals surface area contributed by atoms with Gasteiger partial charge in [-0.15, -0.1) is 0 Å². The molecule has 0 radical (unpaired) electrons. The SMILES string of the molecule is Cc1cc(Oc2cccc(F)c2C#N)ccc1C=O. The quantitative estimate of drug-likeness (QED) is 0.787. The van der Waals surface area contributed by atoms with Crippen molar-refractivity contribution < 1.29 is 13.9 Å². The fourth-order valence-electron chi connectivity index (χ4n) is 1.67. The highest BCUT2D eigenvalue weighted by atomic mass is 19.1. The molecule has 0 aliphatic rings. The second-order valence-corrected chi connectivity index (χ2v) is 3.96. The van der Waals surface area contributed by atoms with E-state index in [1.807, 2.05) is 0 Å². The van der Waals surface area contributed by atoms with Crippen molar-refractivity contribution in [2.75, 3.05) is 0 Å². The lowest BCUT2D eigenvalue weighted by Crippen LogP contribution is -1.93. The Balaban J connectivity index is 2.37. The van der Waals surface area contributed by atoms with Crippen LogP contribution in [0.5, 0.6) is 11.5 Å². The van der Waals surface area contributed by atoms with E-state index in [0.717, 1.165) is 11.8 Å². The van der Waals surface area contributed by atoms with Crippen LogP contribution in [0.15, 0.2) is 36.4 Å². The summed E-state index contributed by atoms with van der Waals surface area (Å²) in [6, 6.07) is 10.8. The Morgan fingerprint density at radius 3 is 2.74 bits per heavy atom. The summed E-state index contributed by atoms with van der Waals surface area (Å²) in [4.78, 5) is 10.7. The van der Waals surface area contributed by atoms with Crippen molar-refractivity contribution in [2.45, 2.75) is 6.92 Å². The number of benzene rings is 2. The zero-order valence-electron chi connectivity index (χ0n) is 10.2. The van der Waals surface area contributed by atoms with Gasteiger partial charge in [0.05, 0.1) is 0 Å². The van der Waals surface area contributed by atoms with Gasteiger partial charge >= 0.3 is 0 Å². The number of halogens is 1. The summed E-state index contributed by atoms with van der Waals surface area (Å²) in [5.41, 5.74) is 1.18. The van der Waals surface area contributed by atoms with E-state index < -0.39 is 5.82 Å². The van der Waals surface area contributed by atoms with Crippen LogP contribution in [0, 0.1) is 24.1 Å². The predicted octanol–water partition coefficient (Wildman–Crippen LogP) is 3.61. The van der Waals surface area contributed by atoms with Crippen LogP contribution in [0.25, 0.3) is 0 Å². The highest BCUT2D eigenvalue weighted by molar-refractivity contribution is 5.77. The van der Waals surface area contributed by atoms with Gasteiger partial charge in [0.25, 0.3) is 0 Å². The zero-order chi connectivity index (χ0) is 13.8. The van der Waals surface area contributed by atoms with Gasteiger partial charge in [-0.25, -0.2) is 4.39 Å². The molecule has 19 heavy (non-hydrogen) atoms. The van der Waals surface area contributed by atoms with E-state index in [4.69, 9.17) is 10.00 Å². The molecule has 0 N–H and O–H groups in total. The molecule has 2 aromatic carbocycles. The van der Waals surface area contributed by atoms with Gasteiger partial charge < -0.3 is 4.74 Å². The van der Waals surface area contributed by atoms with Crippen molar-refractivity contribution in [3.8, 4) is 17.6 Å². The largest absolute Gasteiger partial charge is 0.456 e. The predicted molar refractivity (Wildman–Crippen MR) is 67.8 cm³/mol. The molecule has 0 bridgehead atoms. The molecule has 3 nitrogen and oxygen atoms in total. The fraction of sp³-hybridized carbons (Fsp3) is 0.0667. The van der Waals surface area contributed by atoms with Crippen molar-refractivity contribution in [3.63, 3.8) is 0 Å². The normalized spacial score (nSPS) is 9.74. The molecule has 0 atom stereocenters. The molecule has 0 aliphatic carbocycles. The molecule has 0 spiro atoms. The van der Waals surface area contributed by atoms with Crippen LogP contribution in [0.1, 0.15) is 21.5 Å². The summed E-state index contributed by atoms with van der Waals surface area (Å²) < 4.78 is 18.9. The van der Waals surface area contributed by atoms with Gasteiger partial charge in [-0.05, 0) is 42.8 Å². The first kappa shape index (κ1) is 12.8. The van der Waals surface area contributed by atoms with E-state index in [0.29, 0.717) is 11.3 Å². The Labute approximate surface area is 109 Å². The summed E-state index contributed by atoms with van der Waals surface area (Å²) in [5.74, 6) is -0.0211. The highest BCUT2D eigenvalue weighted by Gasteiger charge is 2.10. The van der Waals surface area contributed by atoms with Gasteiger partial charge in [0, 0.05) is 5.56 Å². The van der Waals surface area contributed by atoms with Crippen molar-refractivity contribution >= 4 is 6.29 Å². The van der Waals surface area contributed by atoms with Crippen LogP contribution < -0.4 is 4.74 Å². The Hall–Kier alpha value is -2.67. The van der Waals surface area contributed by atoms with Crippen molar-refractivity contribution in [1.82, 2.24) is 0 Å². The minimum absolute atomic E-state index is 0.139. The Kier molecular flexibility index (Phi) is 3.58. The first-order valence-electron chi connectivity index (χ1n) is 5.58. The number of aldehydes is 1. The third-order valence-corrected chi connectivity index (χ3v) is 2.68. The second kappa shape index (κ2) is 5.32. The molecule has 94 valence electrons. The van der Waals surface area contributed by atoms with Crippen LogP contribution in [-0.2, 0) is 0 Å². The maximum atomic E-state index is 13.4. The van der Waals surface area contributed by atoms with Gasteiger partial charge in [-0.2, -0.15) is 5.26 Å². The monoisotopic (exact) mass is 255 g/mol. The maximum absolute atomic E-state index is 13.4. The number of nitrogens with zero attached hydrogens (tertiary/aromatic N) is 1. The standard InChI is InChI=1S/C15H10FNO2/c1-10-7-12(6-5-11(10)9-18)19-15-4-2-3-14(16)13(15)8-17/h2-7,9H,1H3. The van der Waals surface area contributed by atoms with Crippen LogP contribution in [0.4, 0.5) is 4.39 Å². The molecular formula is C15H10FNO2. The number of ether oxygens (including phenoxy) is 1. The molecule has 0 fully saturated rings. The third-order valence-electron chi connectivity index (χ3n) is 2.68. The fourth-order valence-corrected chi connectivity index (χ4v) is 1.67. The van der Waals surface area contributed by atoms with Gasteiger partial charge in [-0.3, -0.25) is 4.79 Å².